The Balaban J connectivity index is 1.86. The number of halogens is 1. The molecule has 106 valence electrons. The molecule has 0 aliphatic rings. The largest absolute Gasteiger partial charge is 0.399 e. The van der Waals surface area contributed by atoms with Crippen molar-refractivity contribution in [1.29, 1.82) is 0 Å². The predicted molar refractivity (Wildman–Crippen MR) is 85.8 cm³/mol. The van der Waals surface area contributed by atoms with Crippen molar-refractivity contribution < 1.29 is 4.52 Å². The molecule has 0 bridgehead atoms. The molecule has 0 fully saturated rings. The number of nitrogen functional groups attached to an aromatic ring is 1. The van der Waals surface area contributed by atoms with E-state index >= 15 is 0 Å². The van der Waals surface area contributed by atoms with Gasteiger partial charge in [-0.3, -0.25) is 0 Å². The first-order chi connectivity index (χ1) is 10.1. The van der Waals surface area contributed by atoms with E-state index in [1.165, 1.54) is 0 Å². The first-order valence-corrected chi connectivity index (χ1v) is 7.34. The summed E-state index contributed by atoms with van der Waals surface area (Å²) in [4.78, 5) is 4.46. The average molecular weight is 344 g/mol. The van der Waals surface area contributed by atoms with Gasteiger partial charge in [0.2, 0.25) is 11.7 Å². The van der Waals surface area contributed by atoms with Crippen LogP contribution < -0.4 is 5.73 Å². The van der Waals surface area contributed by atoms with E-state index in [1.807, 2.05) is 49.4 Å². The van der Waals surface area contributed by atoms with Crippen LogP contribution in [0.5, 0.6) is 0 Å². The highest BCUT2D eigenvalue weighted by atomic mass is 79.9. The summed E-state index contributed by atoms with van der Waals surface area (Å²) >= 11 is 3.45. The molecule has 4 nitrogen and oxygen atoms in total. The molecule has 2 aromatic carbocycles. The third-order valence-corrected chi connectivity index (χ3v) is 3.70. The van der Waals surface area contributed by atoms with E-state index in [9.17, 15) is 0 Å². The predicted octanol–water partition coefficient (Wildman–Crippen LogP) is 3.98. The molecule has 21 heavy (non-hydrogen) atoms. The van der Waals surface area contributed by atoms with Crippen molar-refractivity contribution >= 4 is 21.6 Å². The quantitative estimate of drug-likeness (QED) is 0.730. The molecule has 0 saturated carbocycles. The van der Waals surface area contributed by atoms with Crippen LogP contribution in [-0.2, 0) is 6.42 Å². The van der Waals surface area contributed by atoms with Gasteiger partial charge >= 0.3 is 0 Å². The van der Waals surface area contributed by atoms with Crippen molar-refractivity contribution in [3.63, 3.8) is 0 Å². The van der Waals surface area contributed by atoms with Crippen LogP contribution in [0.25, 0.3) is 11.4 Å². The second-order valence-electron chi connectivity index (χ2n) is 4.89. The van der Waals surface area contributed by atoms with E-state index in [1.54, 1.807) is 0 Å². The number of benzene rings is 2. The Labute approximate surface area is 131 Å². The third-order valence-electron chi connectivity index (χ3n) is 3.20. The molecule has 0 amide bonds. The maximum Gasteiger partial charge on any atom is 0.231 e. The van der Waals surface area contributed by atoms with Gasteiger partial charge in [0.1, 0.15) is 0 Å². The highest BCUT2D eigenvalue weighted by Crippen LogP contribution is 2.24. The van der Waals surface area contributed by atoms with Crippen LogP contribution in [0.2, 0.25) is 0 Å². The second-order valence-corrected chi connectivity index (χ2v) is 5.81. The molecule has 0 saturated heterocycles. The molecule has 0 aliphatic carbocycles. The van der Waals surface area contributed by atoms with Crippen molar-refractivity contribution in [2.24, 2.45) is 0 Å². The van der Waals surface area contributed by atoms with Gasteiger partial charge in [-0.15, -0.1) is 0 Å². The molecular formula is C16H14BrN3O. The molecule has 3 aromatic rings. The van der Waals surface area contributed by atoms with E-state index < -0.39 is 0 Å². The van der Waals surface area contributed by atoms with Gasteiger partial charge in [-0.05, 0) is 48.4 Å². The minimum Gasteiger partial charge on any atom is -0.399 e. The number of aromatic nitrogens is 2. The van der Waals surface area contributed by atoms with Crippen LogP contribution in [0.15, 0.2) is 51.5 Å². The lowest BCUT2D eigenvalue weighted by molar-refractivity contribution is 0.385. The molecule has 3 rings (SSSR count). The Morgan fingerprint density at radius 2 is 2.05 bits per heavy atom. The number of hydrogen-bond donors (Lipinski definition) is 1. The van der Waals surface area contributed by atoms with Crippen LogP contribution in [0, 0.1) is 6.92 Å². The SMILES string of the molecule is Cc1cc(Br)ccc1-c1noc(Cc2cccc(N)c2)n1. The number of anilines is 1. The fraction of sp³-hybridized carbons (Fsp3) is 0.125. The van der Waals surface area contributed by atoms with Crippen LogP contribution in [0.4, 0.5) is 5.69 Å². The Bertz CT molecular complexity index is 783. The molecule has 0 unspecified atom stereocenters. The molecule has 0 spiro atoms. The van der Waals surface area contributed by atoms with E-state index in [4.69, 9.17) is 10.3 Å². The normalized spacial score (nSPS) is 10.8. The lowest BCUT2D eigenvalue weighted by Gasteiger charge is -2.00. The summed E-state index contributed by atoms with van der Waals surface area (Å²) in [5.74, 6) is 1.19. The maximum absolute atomic E-state index is 5.77. The van der Waals surface area contributed by atoms with Gasteiger partial charge in [0.15, 0.2) is 0 Å². The van der Waals surface area contributed by atoms with Gasteiger partial charge < -0.3 is 10.3 Å². The van der Waals surface area contributed by atoms with Gasteiger partial charge in [-0.2, -0.15) is 4.98 Å². The fourth-order valence-corrected chi connectivity index (χ4v) is 2.67. The van der Waals surface area contributed by atoms with Crippen molar-refractivity contribution in [1.82, 2.24) is 10.1 Å². The first-order valence-electron chi connectivity index (χ1n) is 6.55. The minimum atomic E-state index is 0.577. The summed E-state index contributed by atoms with van der Waals surface area (Å²) in [6.45, 7) is 2.02. The van der Waals surface area contributed by atoms with Gasteiger partial charge in [0.25, 0.3) is 0 Å². The van der Waals surface area contributed by atoms with Crippen molar-refractivity contribution in [2.45, 2.75) is 13.3 Å². The van der Waals surface area contributed by atoms with E-state index in [-0.39, 0.29) is 0 Å². The Hall–Kier alpha value is -2.14. The molecule has 0 aliphatic heterocycles. The van der Waals surface area contributed by atoms with Crippen LogP contribution >= 0.6 is 15.9 Å². The van der Waals surface area contributed by atoms with Crippen molar-refractivity contribution in [3.05, 3.63) is 64.0 Å². The molecular weight excluding hydrogens is 330 g/mol. The third kappa shape index (κ3) is 3.13. The minimum absolute atomic E-state index is 0.577. The standard InChI is InChI=1S/C16H14BrN3O/c1-10-7-12(17)5-6-14(10)16-19-15(21-20-16)9-11-3-2-4-13(18)8-11/h2-8H,9,18H2,1H3. The average Bonchev–Trinajstić information content (AvgIpc) is 2.87. The van der Waals surface area contributed by atoms with E-state index in [0.717, 1.165) is 26.9 Å². The molecule has 0 atom stereocenters. The zero-order valence-corrected chi connectivity index (χ0v) is 13.1. The number of rotatable bonds is 3. The fourth-order valence-electron chi connectivity index (χ4n) is 2.19. The maximum atomic E-state index is 5.77. The number of nitrogens with zero attached hydrogens (tertiary/aromatic N) is 2. The second kappa shape index (κ2) is 5.69. The topological polar surface area (TPSA) is 64.9 Å². The van der Waals surface area contributed by atoms with Crippen LogP contribution in [0.3, 0.4) is 0 Å². The van der Waals surface area contributed by atoms with E-state index in [2.05, 4.69) is 26.1 Å². The number of aryl methyl sites for hydroxylation is 1. The zero-order valence-electron chi connectivity index (χ0n) is 11.5. The zero-order chi connectivity index (χ0) is 14.8. The Morgan fingerprint density at radius 1 is 1.19 bits per heavy atom. The van der Waals surface area contributed by atoms with Gasteiger partial charge in [0.05, 0.1) is 6.42 Å². The van der Waals surface area contributed by atoms with Crippen molar-refractivity contribution in [3.8, 4) is 11.4 Å². The molecule has 2 N–H and O–H groups in total. The Morgan fingerprint density at radius 3 is 2.81 bits per heavy atom. The molecule has 5 heteroatoms. The monoisotopic (exact) mass is 343 g/mol. The first kappa shape index (κ1) is 13.8. The summed E-state index contributed by atoms with van der Waals surface area (Å²) in [7, 11) is 0. The summed E-state index contributed by atoms with van der Waals surface area (Å²) < 4.78 is 6.37. The van der Waals surface area contributed by atoms with Gasteiger partial charge in [-0.25, -0.2) is 0 Å². The molecule has 0 radical (unpaired) electrons. The Kier molecular flexibility index (Phi) is 3.75. The summed E-state index contributed by atoms with van der Waals surface area (Å²) in [5, 5.41) is 4.06. The lowest BCUT2D eigenvalue weighted by Crippen LogP contribution is -1.91. The van der Waals surface area contributed by atoms with Gasteiger partial charge in [0, 0.05) is 15.7 Å². The lowest BCUT2D eigenvalue weighted by atomic mass is 10.1. The molecule has 1 aromatic heterocycles. The highest BCUT2D eigenvalue weighted by Gasteiger charge is 2.11. The summed E-state index contributed by atoms with van der Waals surface area (Å²) in [6, 6.07) is 13.7. The number of nitrogens with two attached hydrogens (primary N) is 1. The summed E-state index contributed by atoms with van der Waals surface area (Å²) in [6.07, 6.45) is 0.577. The van der Waals surface area contributed by atoms with E-state index in [0.29, 0.717) is 18.1 Å². The van der Waals surface area contributed by atoms with Crippen LogP contribution in [-0.4, -0.2) is 10.1 Å². The van der Waals surface area contributed by atoms with Crippen LogP contribution in [0.1, 0.15) is 17.0 Å². The smallest absolute Gasteiger partial charge is 0.231 e. The van der Waals surface area contributed by atoms with Gasteiger partial charge in [-0.1, -0.05) is 33.2 Å². The molecule has 1 heterocycles. The highest BCUT2D eigenvalue weighted by molar-refractivity contribution is 9.10. The van der Waals surface area contributed by atoms with Crippen molar-refractivity contribution in [2.75, 3.05) is 5.73 Å². The summed E-state index contributed by atoms with van der Waals surface area (Å²) in [5.41, 5.74) is 9.63. The number of hydrogen-bond acceptors (Lipinski definition) is 4.